The maximum atomic E-state index is 6.34. The van der Waals surface area contributed by atoms with Crippen LogP contribution in [0.5, 0.6) is 0 Å². The highest BCUT2D eigenvalue weighted by atomic mass is 15.7. The monoisotopic (exact) mass is 241 g/mol. The van der Waals surface area contributed by atoms with Gasteiger partial charge in [0.2, 0.25) is 0 Å². The van der Waals surface area contributed by atoms with Gasteiger partial charge in [0.1, 0.15) is 0 Å². The second-order valence-corrected chi connectivity index (χ2v) is 5.18. The summed E-state index contributed by atoms with van der Waals surface area (Å²) in [4.78, 5) is 4.95. The highest BCUT2D eigenvalue weighted by Crippen LogP contribution is 2.21. The van der Waals surface area contributed by atoms with Crippen LogP contribution in [0.15, 0.2) is 0 Å². The minimum absolute atomic E-state index is 0.262. The van der Waals surface area contributed by atoms with Crippen molar-refractivity contribution in [1.29, 1.82) is 0 Å². The smallest absolute Gasteiger partial charge is 0.0927 e. The Morgan fingerprint density at radius 3 is 2.24 bits per heavy atom. The Morgan fingerprint density at radius 2 is 1.71 bits per heavy atom. The Balaban J connectivity index is 2.02. The van der Waals surface area contributed by atoms with Crippen molar-refractivity contribution in [3.63, 3.8) is 0 Å². The standard InChI is InChI=1S/C12H27N5/c1-4-16-10-11(13)12(17(16)5-2)15-8-6-14(3)7-9-15/h11-12H,4-10,13H2,1-3H3. The first-order valence-electron chi connectivity index (χ1n) is 6.87. The lowest BCUT2D eigenvalue weighted by Crippen LogP contribution is -2.59. The van der Waals surface area contributed by atoms with Gasteiger partial charge in [-0.1, -0.05) is 13.8 Å². The van der Waals surface area contributed by atoms with Gasteiger partial charge in [-0.3, -0.25) is 4.90 Å². The number of hydrogen-bond donors (Lipinski definition) is 1. The summed E-state index contributed by atoms with van der Waals surface area (Å²) in [6.45, 7) is 12.2. The van der Waals surface area contributed by atoms with Gasteiger partial charge in [-0.25, -0.2) is 10.0 Å². The van der Waals surface area contributed by atoms with Crippen molar-refractivity contribution in [1.82, 2.24) is 19.8 Å². The molecule has 100 valence electrons. The summed E-state index contributed by atoms with van der Waals surface area (Å²) in [6, 6.07) is 0.262. The molecule has 2 atom stereocenters. The summed E-state index contributed by atoms with van der Waals surface area (Å²) in [5.41, 5.74) is 6.34. The molecule has 0 aromatic carbocycles. The van der Waals surface area contributed by atoms with E-state index in [1.807, 2.05) is 0 Å². The Labute approximate surface area is 105 Å². The molecule has 2 unspecified atom stereocenters. The molecule has 0 bridgehead atoms. The van der Waals surface area contributed by atoms with Crippen LogP contribution in [0.3, 0.4) is 0 Å². The SMILES string of the molecule is CCN1CC(N)C(N2CCN(C)CC2)N1CC. The maximum Gasteiger partial charge on any atom is 0.0927 e. The van der Waals surface area contributed by atoms with Crippen molar-refractivity contribution in [2.75, 3.05) is 52.9 Å². The quantitative estimate of drug-likeness (QED) is 0.718. The first-order chi connectivity index (χ1) is 8.17. The largest absolute Gasteiger partial charge is 0.324 e. The summed E-state index contributed by atoms with van der Waals surface area (Å²) in [5.74, 6) is 0. The van der Waals surface area contributed by atoms with E-state index in [-0.39, 0.29) is 6.04 Å². The van der Waals surface area contributed by atoms with Crippen LogP contribution in [0.2, 0.25) is 0 Å². The van der Waals surface area contributed by atoms with E-state index in [0.29, 0.717) is 6.17 Å². The van der Waals surface area contributed by atoms with Gasteiger partial charge in [-0.15, -0.1) is 0 Å². The predicted octanol–water partition coefficient (Wildman–Crippen LogP) is -0.540. The second kappa shape index (κ2) is 5.63. The molecule has 0 aromatic heterocycles. The van der Waals surface area contributed by atoms with Gasteiger partial charge in [0, 0.05) is 51.9 Å². The lowest BCUT2D eigenvalue weighted by Gasteiger charge is -2.42. The summed E-state index contributed by atoms with van der Waals surface area (Å²) in [7, 11) is 2.20. The van der Waals surface area contributed by atoms with Crippen LogP contribution >= 0.6 is 0 Å². The Hall–Kier alpha value is -0.200. The minimum atomic E-state index is 0.262. The maximum absolute atomic E-state index is 6.34. The highest BCUT2D eigenvalue weighted by molar-refractivity contribution is 4.91. The fourth-order valence-electron chi connectivity index (χ4n) is 3.07. The molecule has 0 saturated carbocycles. The molecular weight excluding hydrogens is 214 g/mol. The third kappa shape index (κ3) is 2.63. The van der Waals surface area contributed by atoms with E-state index in [4.69, 9.17) is 5.73 Å². The zero-order chi connectivity index (χ0) is 12.4. The average Bonchev–Trinajstić information content (AvgIpc) is 2.66. The average molecular weight is 241 g/mol. The highest BCUT2D eigenvalue weighted by Gasteiger charge is 2.40. The van der Waals surface area contributed by atoms with Gasteiger partial charge in [-0.2, -0.15) is 0 Å². The van der Waals surface area contributed by atoms with Gasteiger partial charge in [0.15, 0.2) is 0 Å². The summed E-state index contributed by atoms with van der Waals surface area (Å²) in [6.07, 6.45) is 0.411. The Kier molecular flexibility index (Phi) is 4.38. The van der Waals surface area contributed by atoms with E-state index in [9.17, 15) is 0 Å². The van der Waals surface area contributed by atoms with Crippen LogP contribution in [0.1, 0.15) is 13.8 Å². The van der Waals surface area contributed by atoms with E-state index < -0.39 is 0 Å². The lowest BCUT2D eigenvalue weighted by atomic mass is 10.2. The van der Waals surface area contributed by atoms with E-state index in [2.05, 4.69) is 40.7 Å². The topological polar surface area (TPSA) is 39.0 Å². The molecule has 0 spiro atoms. The molecule has 0 amide bonds. The fourth-order valence-corrected chi connectivity index (χ4v) is 3.07. The molecule has 2 aliphatic heterocycles. The molecule has 2 aliphatic rings. The van der Waals surface area contributed by atoms with Crippen molar-refractivity contribution in [3.05, 3.63) is 0 Å². The Bertz CT molecular complexity index is 239. The van der Waals surface area contributed by atoms with Crippen molar-refractivity contribution < 1.29 is 0 Å². The van der Waals surface area contributed by atoms with Crippen LogP contribution in [0.4, 0.5) is 0 Å². The minimum Gasteiger partial charge on any atom is -0.324 e. The predicted molar refractivity (Wildman–Crippen MR) is 70.5 cm³/mol. The number of likely N-dealkylation sites (N-methyl/N-ethyl adjacent to an activating group) is 3. The molecule has 0 aromatic rings. The third-order valence-corrected chi connectivity index (χ3v) is 4.07. The van der Waals surface area contributed by atoms with Crippen LogP contribution in [-0.4, -0.2) is 84.9 Å². The van der Waals surface area contributed by atoms with Crippen LogP contribution in [0, 0.1) is 0 Å². The molecule has 5 nitrogen and oxygen atoms in total. The van der Waals surface area contributed by atoms with Gasteiger partial charge in [0.05, 0.1) is 6.17 Å². The van der Waals surface area contributed by atoms with Crippen LogP contribution in [-0.2, 0) is 0 Å². The number of nitrogens with zero attached hydrogens (tertiary/aromatic N) is 4. The molecule has 2 heterocycles. The lowest BCUT2D eigenvalue weighted by molar-refractivity contribution is -0.0631. The van der Waals surface area contributed by atoms with Gasteiger partial charge in [0.25, 0.3) is 0 Å². The van der Waals surface area contributed by atoms with Gasteiger partial charge in [-0.05, 0) is 7.05 Å². The molecular formula is C12H27N5. The second-order valence-electron chi connectivity index (χ2n) is 5.18. The summed E-state index contributed by atoms with van der Waals surface area (Å²) in [5, 5.41) is 4.85. The Morgan fingerprint density at radius 1 is 1.06 bits per heavy atom. The van der Waals surface area contributed by atoms with Crippen molar-refractivity contribution >= 4 is 0 Å². The molecule has 17 heavy (non-hydrogen) atoms. The van der Waals surface area contributed by atoms with Crippen molar-refractivity contribution in [3.8, 4) is 0 Å². The molecule has 0 radical (unpaired) electrons. The van der Waals surface area contributed by atoms with E-state index in [1.54, 1.807) is 0 Å². The number of piperazine rings is 1. The normalized spacial score (nSPS) is 34.6. The number of hydrazine groups is 1. The fraction of sp³-hybridized carbons (Fsp3) is 1.00. The van der Waals surface area contributed by atoms with Crippen molar-refractivity contribution in [2.24, 2.45) is 5.73 Å². The zero-order valence-corrected chi connectivity index (χ0v) is 11.5. The zero-order valence-electron chi connectivity index (χ0n) is 11.5. The molecule has 5 heteroatoms. The van der Waals surface area contributed by atoms with Crippen molar-refractivity contribution in [2.45, 2.75) is 26.1 Å². The first-order valence-corrected chi connectivity index (χ1v) is 6.87. The molecule has 2 fully saturated rings. The molecule has 2 N–H and O–H groups in total. The van der Waals surface area contributed by atoms with Gasteiger partial charge < -0.3 is 10.6 Å². The van der Waals surface area contributed by atoms with E-state index in [1.165, 1.54) is 0 Å². The van der Waals surface area contributed by atoms with Gasteiger partial charge >= 0.3 is 0 Å². The molecule has 2 rings (SSSR count). The third-order valence-electron chi connectivity index (χ3n) is 4.07. The molecule has 2 saturated heterocycles. The molecule has 0 aliphatic carbocycles. The van der Waals surface area contributed by atoms with Crippen LogP contribution in [0.25, 0.3) is 0 Å². The number of hydrogen-bond acceptors (Lipinski definition) is 5. The summed E-state index contributed by atoms with van der Waals surface area (Å²) < 4.78 is 0. The summed E-state index contributed by atoms with van der Waals surface area (Å²) >= 11 is 0. The first kappa shape index (κ1) is 13.2. The number of rotatable bonds is 3. The van der Waals surface area contributed by atoms with E-state index >= 15 is 0 Å². The van der Waals surface area contributed by atoms with Crippen LogP contribution < -0.4 is 5.73 Å². The number of nitrogens with two attached hydrogens (primary N) is 1. The van der Waals surface area contributed by atoms with E-state index in [0.717, 1.165) is 45.8 Å².